The molecular formula is C15H20F3NO2. The standard InChI is InChI=1S/C15H20F3NO2/c1-14(21-2)6-3-7-19(10-14)13-5-4-11(9-20)8-12(13)15(16,17)18/h4-5,8,20H,3,6-7,9-10H2,1-2H3. The molecule has 1 fully saturated rings. The van der Waals surface area contributed by atoms with Gasteiger partial charge in [-0.15, -0.1) is 0 Å². The molecule has 0 amide bonds. The summed E-state index contributed by atoms with van der Waals surface area (Å²) in [5.41, 5.74) is -0.716. The van der Waals surface area contributed by atoms with Crippen LogP contribution in [0.4, 0.5) is 18.9 Å². The van der Waals surface area contributed by atoms with E-state index in [4.69, 9.17) is 9.84 Å². The Labute approximate surface area is 122 Å². The molecule has 1 aromatic carbocycles. The van der Waals surface area contributed by atoms with Crippen molar-refractivity contribution in [3.63, 3.8) is 0 Å². The first-order chi connectivity index (χ1) is 9.79. The van der Waals surface area contributed by atoms with Crippen LogP contribution in [-0.2, 0) is 17.5 Å². The summed E-state index contributed by atoms with van der Waals surface area (Å²) in [6.07, 6.45) is -2.83. The zero-order valence-corrected chi connectivity index (χ0v) is 12.2. The van der Waals surface area contributed by atoms with Crippen molar-refractivity contribution in [3.8, 4) is 0 Å². The van der Waals surface area contributed by atoms with Crippen molar-refractivity contribution in [2.75, 3.05) is 25.1 Å². The Morgan fingerprint density at radius 2 is 2.10 bits per heavy atom. The first kappa shape index (κ1) is 16.1. The summed E-state index contributed by atoms with van der Waals surface area (Å²) < 4.78 is 45.2. The molecule has 1 aromatic rings. The molecule has 0 aromatic heterocycles. The highest BCUT2D eigenvalue weighted by Crippen LogP contribution is 2.39. The van der Waals surface area contributed by atoms with Crippen molar-refractivity contribution >= 4 is 5.69 Å². The number of rotatable bonds is 3. The topological polar surface area (TPSA) is 32.7 Å². The van der Waals surface area contributed by atoms with Crippen LogP contribution in [0.25, 0.3) is 0 Å². The number of piperidine rings is 1. The third kappa shape index (κ3) is 3.49. The van der Waals surface area contributed by atoms with Gasteiger partial charge in [0, 0.05) is 25.9 Å². The van der Waals surface area contributed by atoms with Gasteiger partial charge in [-0.2, -0.15) is 13.2 Å². The lowest BCUT2D eigenvalue weighted by Crippen LogP contribution is -2.48. The molecule has 6 heteroatoms. The molecule has 2 rings (SSSR count). The van der Waals surface area contributed by atoms with Gasteiger partial charge in [0.2, 0.25) is 0 Å². The maximum atomic E-state index is 13.3. The van der Waals surface area contributed by atoms with Gasteiger partial charge in [-0.25, -0.2) is 0 Å². The largest absolute Gasteiger partial charge is 0.418 e. The number of aliphatic hydroxyl groups is 1. The summed E-state index contributed by atoms with van der Waals surface area (Å²) in [6.45, 7) is 2.50. The Hall–Kier alpha value is -1.27. The Bertz CT molecular complexity index is 504. The Morgan fingerprint density at radius 1 is 1.38 bits per heavy atom. The van der Waals surface area contributed by atoms with Crippen LogP contribution < -0.4 is 4.90 Å². The van der Waals surface area contributed by atoms with E-state index < -0.39 is 23.9 Å². The second kappa shape index (κ2) is 5.85. The third-order valence-electron chi connectivity index (χ3n) is 4.04. The van der Waals surface area contributed by atoms with E-state index in [9.17, 15) is 13.2 Å². The van der Waals surface area contributed by atoms with Gasteiger partial charge in [0.15, 0.2) is 0 Å². The predicted octanol–water partition coefficient (Wildman–Crippen LogP) is 3.20. The van der Waals surface area contributed by atoms with Crippen LogP contribution in [0.3, 0.4) is 0 Å². The third-order valence-corrected chi connectivity index (χ3v) is 4.04. The summed E-state index contributed by atoms with van der Waals surface area (Å²) in [5, 5.41) is 9.05. The minimum Gasteiger partial charge on any atom is -0.392 e. The molecule has 1 atom stereocenters. The number of alkyl halides is 3. The van der Waals surface area contributed by atoms with Crippen LogP contribution in [0.1, 0.15) is 30.9 Å². The van der Waals surface area contributed by atoms with Crippen molar-refractivity contribution < 1.29 is 23.0 Å². The number of ether oxygens (including phenoxy) is 1. The second-order valence-corrected chi connectivity index (χ2v) is 5.69. The highest BCUT2D eigenvalue weighted by atomic mass is 19.4. The van der Waals surface area contributed by atoms with Gasteiger partial charge in [0.1, 0.15) is 0 Å². The molecule has 21 heavy (non-hydrogen) atoms. The molecule has 0 radical (unpaired) electrons. The lowest BCUT2D eigenvalue weighted by molar-refractivity contribution is -0.137. The molecule has 1 unspecified atom stereocenters. The lowest BCUT2D eigenvalue weighted by Gasteiger charge is -2.41. The van der Waals surface area contributed by atoms with E-state index in [1.54, 1.807) is 12.0 Å². The maximum Gasteiger partial charge on any atom is 0.418 e. The van der Waals surface area contributed by atoms with E-state index in [0.717, 1.165) is 18.9 Å². The van der Waals surface area contributed by atoms with E-state index in [0.29, 0.717) is 13.1 Å². The zero-order valence-electron chi connectivity index (χ0n) is 12.2. The molecule has 0 aliphatic carbocycles. The van der Waals surface area contributed by atoms with E-state index in [1.165, 1.54) is 12.1 Å². The summed E-state index contributed by atoms with van der Waals surface area (Å²) in [4.78, 5) is 1.72. The molecule has 1 aliphatic heterocycles. The Kier molecular flexibility index (Phi) is 4.49. The fourth-order valence-electron chi connectivity index (χ4n) is 2.76. The summed E-state index contributed by atoms with van der Waals surface area (Å²) >= 11 is 0. The molecule has 118 valence electrons. The average molecular weight is 303 g/mol. The number of hydrogen-bond acceptors (Lipinski definition) is 3. The van der Waals surface area contributed by atoms with Gasteiger partial charge in [-0.3, -0.25) is 0 Å². The fraction of sp³-hybridized carbons (Fsp3) is 0.600. The quantitative estimate of drug-likeness (QED) is 0.931. The lowest BCUT2D eigenvalue weighted by atomic mass is 9.93. The van der Waals surface area contributed by atoms with Gasteiger partial charge in [0.05, 0.1) is 17.8 Å². The summed E-state index contributed by atoms with van der Waals surface area (Å²) in [5.74, 6) is 0. The Balaban J connectivity index is 2.39. The van der Waals surface area contributed by atoms with Crippen LogP contribution >= 0.6 is 0 Å². The van der Waals surface area contributed by atoms with E-state index in [-0.39, 0.29) is 11.3 Å². The number of nitrogens with zero attached hydrogens (tertiary/aromatic N) is 1. The second-order valence-electron chi connectivity index (χ2n) is 5.69. The molecule has 1 aliphatic rings. The van der Waals surface area contributed by atoms with E-state index >= 15 is 0 Å². The molecular weight excluding hydrogens is 283 g/mol. The minimum absolute atomic E-state index is 0.155. The van der Waals surface area contributed by atoms with Crippen LogP contribution in [0.5, 0.6) is 0 Å². The van der Waals surface area contributed by atoms with Crippen molar-refractivity contribution in [2.45, 2.75) is 38.1 Å². The average Bonchev–Trinajstić information content (AvgIpc) is 2.46. The number of benzene rings is 1. The van der Waals surface area contributed by atoms with E-state index in [1.807, 2.05) is 6.92 Å². The monoisotopic (exact) mass is 303 g/mol. The predicted molar refractivity (Wildman–Crippen MR) is 74.2 cm³/mol. The Morgan fingerprint density at radius 3 is 2.67 bits per heavy atom. The van der Waals surface area contributed by atoms with Crippen molar-refractivity contribution in [3.05, 3.63) is 29.3 Å². The van der Waals surface area contributed by atoms with Crippen molar-refractivity contribution in [2.24, 2.45) is 0 Å². The summed E-state index contributed by atoms with van der Waals surface area (Å²) in [6, 6.07) is 3.99. The number of halogens is 3. The van der Waals surface area contributed by atoms with Crippen LogP contribution in [0.2, 0.25) is 0 Å². The van der Waals surface area contributed by atoms with Crippen molar-refractivity contribution in [1.29, 1.82) is 0 Å². The highest BCUT2D eigenvalue weighted by Gasteiger charge is 2.38. The zero-order chi connectivity index (χ0) is 15.7. The number of hydrogen-bond donors (Lipinski definition) is 1. The number of anilines is 1. The fourth-order valence-corrected chi connectivity index (χ4v) is 2.76. The summed E-state index contributed by atoms with van der Waals surface area (Å²) in [7, 11) is 1.59. The number of aliphatic hydroxyl groups excluding tert-OH is 1. The molecule has 1 N–H and O–H groups in total. The molecule has 0 bridgehead atoms. The first-order valence-corrected chi connectivity index (χ1v) is 6.90. The van der Waals surface area contributed by atoms with Gasteiger partial charge in [-0.05, 0) is 37.5 Å². The van der Waals surface area contributed by atoms with Gasteiger partial charge in [0.25, 0.3) is 0 Å². The van der Waals surface area contributed by atoms with Gasteiger partial charge >= 0.3 is 6.18 Å². The van der Waals surface area contributed by atoms with Crippen LogP contribution in [0.15, 0.2) is 18.2 Å². The number of methoxy groups -OCH3 is 1. The van der Waals surface area contributed by atoms with E-state index in [2.05, 4.69) is 0 Å². The first-order valence-electron chi connectivity index (χ1n) is 6.90. The SMILES string of the molecule is COC1(C)CCCN(c2ccc(CO)cc2C(F)(F)F)C1. The minimum atomic E-state index is -4.44. The van der Waals surface area contributed by atoms with Crippen LogP contribution in [0, 0.1) is 0 Å². The van der Waals surface area contributed by atoms with Gasteiger partial charge < -0.3 is 14.7 Å². The maximum absolute atomic E-state index is 13.3. The van der Waals surface area contributed by atoms with Crippen LogP contribution in [-0.4, -0.2) is 30.9 Å². The highest BCUT2D eigenvalue weighted by molar-refractivity contribution is 5.57. The smallest absolute Gasteiger partial charge is 0.392 e. The van der Waals surface area contributed by atoms with Gasteiger partial charge in [-0.1, -0.05) is 6.07 Å². The molecule has 1 heterocycles. The van der Waals surface area contributed by atoms with Crippen molar-refractivity contribution in [1.82, 2.24) is 0 Å². The molecule has 1 saturated heterocycles. The molecule has 3 nitrogen and oxygen atoms in total. The molecule has 0 spiro atoms. The molecule has 0 saturated carbocycles. The normalized spacial score (nSPS) is 23.4.